The molecule has 134 valence electrons. The van der Waals surface area contributed by atoms with Crippen LogP contribution in [0.5, 0.6) is 0 Å². The fraction of sp³-hybridized carbons (Fsp3) is 0.238. The van der Waals surface area contributed by atoms with Gasteiger partial charge in [0.05, 0.1) is 11.3 Å². The number of amides is 2. The van der Waals surface area contributed by atoms with Crippen molar-refractivity contribution >= 4 is 23.6 Å². The third-order valence-corrected chi connectivity index (χ3v) is 4.42. The van der Waals surface area contributed by atoms with E-state index in [-0.39, 0.29) is 23.7 Å². The second-order valence-corrected chi connectivity index (χ2v) is 6.37. The highest BCUT2D eigenvalue weighted by Gasteiger charge is 2.19. The van der Waals surface area contributed by atoms with E-state index in [1.807, 2.05) is 0 Å². The van der Waals surface area contributed by atoms with Gasteiger partial charge >= 0.3 is 0 Å². The number of hydrogen-bond acceptors (Lipinski definition) is 2. The SMILES string of the molecule is O=C(/C=C/c1ccc(F)cc1)Nc1ccccc1C(=O)NC1CCCC1. The maximum atomic E-state index is 12.9. The van der Waals surface area contributed by atoms with Gasteiger partial charge in [-0.05, 0) is 48.7 Å². The zero-order chi connectivity index (χ0) is 18.4. The van der Waals surface area contributed by atoms with Crippen molar-refractivity contribution in [2.24, 2.45) is 0 Å². The summed E-state index contributed by atoms with van der Waals surface area (Å²) < 4.78 is 12.9. The molecule has 0 aromatic heterocycles. The molecule has 0 heterocycles. The molecule has 26 heavy (non-hydrogen) atoms. The van der Waals surface area contributed by atoms with Crippen LogP contribution in [0.4, 0.5) is 10.1 Å². The lowest BCUT2D eigenvalue weighted by Crippen LogP contribution is -2.33. The third kappa shape index (κ3) is 4.79. The number of anilines is 1. The highest BCUT2D eigenvalue weighted by Crippen LogP contribution is 2.20. The molecule has 0 atom stereocenters. The van der Waals surface area contributed by atoms with E-state index < -0.39 is 0 Å². The Balaban J connectivity index is 1.66. The first-order valence-electron chi connectivity index (χ1n) is 8.76. The summed E-state index contributed by atoms with van der Waals surface area (Å²) in [5.41, 5.74) is 1.63. The molecule has 1 aliphatic carbocycles. The lowest BCUT2D eigenvalue weighted by molar-refractivity contribution is -0.111. The summed E-state index contributed by atoms with van der Waals surface area (Å²) >= 11 is 0. The average Bonchev–Trinajstić information content (AvgIpc) is 3.14. The van der Waals surface area contributed by atoms with Gasteiger partial charge in [0.15, 0.2) is 0 Å². The largest absolute Gasteiger partial charge is 0.349 e. The fourth-order valence-corrected chi connectivity index (χ4v) is 3.04. The van der Waals surface area contributed by atoms with Gasteiger partial charge < -0.3 is 10.6 Å². The summed E-state index contributed by atoms with van der Waals surface area (Å²) in [4.78, 5) is 24.7. The Kier molecular flexibility index (Phi) is 5.79. The molecule has 0 aliphatic heterocycles. The monoisotopic (exact) mass is 352 g/mol. The average molecular weight is 352 g/mol. The summed E-state index contributed by atoms with van der Waals surface area (Å²) in [5.74, 6) is -0.848. The highest BCUT2D eigenvalue weighted by molar-refractivity contribution is 6.07. The molecular formula is C21H21FN2O2. The minimum absolute atomic E-state index is 0.171. The second-order valence-electron chi connectivity index (χ2n) is 6.37. The lowest BCUT2D eigenvalue weighted by Gasteiger charge is -2.14. The number of carbonyl (C=O) groups is 2. The quantitative estimate of drug-likeness (QED) is 0.794. The molecule has 1 aliphatic rings. The van der Waals surface area contributed by atoms with Crippen LogP contribution in [0.25, 0.3) is 6.08 Å². The summed E-state index contributed by atoms with van der Waals surface area (Å²) in [6.07, 6.45) is 7.23. The molecule has 0 spiro atoms. The Bertz CT molecular complexity index is 809. The fourth-order valence-electron chi connectivity index (χ4n) is 3.04. The van der Waals surface area contributed by atoms with Crippen LogP contribution in [0.3, 0.4) is 0 Å². The van der Waals surface area contributed by atoms with E-state index in [2.05, 4.69) is 10.6 Å². The molecule has 0 unspecified atom stereocenters. The van der Waals surface area contributed by atoms with Crippen molar-refractivity contribution < 1.29 is 14.0 Å². The predicted molar refractivity (Wildman–Crippen MR) is 100 cm³/mol. The standard InChI is InChI=1S/C21H21FN2O2/c22-16-12-9-15(10-13-16)11-14-20(25)24-19-8-4-3-7-18(19)21(26)23-17-5-1-2-6-17/h3-4,7-14,17H,1-2,5-6H2,(H,23,26)(H,24,25)/b14-11+. The Hall–Kier alpha value is -2.95. The van der Waals surface area contributed by atoms with E-state index in [0.29, 0.717) is 16.8 Å². The van der Waals surface area contributed by atoms with Crippen LogP contribution in [0.15, 0.2) is 54.6 Å². The molecule has 2 N–H and O–H groups in total. The van der Waals surface area contributed by atoms with Gasteiger partial charge in [0, 0.05) is 12.1 Å². The first-order valence-corrected chi connectivity index (χ1v) is 8.76. The zero-order valence-electron chi connectivity index (χ0n) is 14.4. The molecule has 4 nitrogen and oxygen atoms in total. The van der Waals surface area contributed by atoms with Crippen LogP contribution >= 0.6 is 0 Å². The second kappa shape index (κ2) is 8.43. The summed E-state index contributed by atoms with van der Waals surface area (Å²) in [6, 6.07) is 13.0. The van der Waals surface area contributed by atoms with Gasteiger partial charge in [-0.25, -0.2) is 4.39 Å². The molecular weight excluding hydrogens is 331 g/mol. The number of nitrogens with one attached hydrogen (secondary N) is 2. The number of halogens is 1. The smallest absolute Gasteiger partial charge is 0.253 e. The first kappa shape index (κ1) is 17.9. The van der Waals surface area contributed by atoms with Crippen LogP contribution in [0.1, 0.15) is 41.6 Å². The van der Waals surface area contributed by atoms with Gasteiger partial charge in [-0.15, -0.1) is 0 Å². The molecule has 0 saturated heterocycles. The topological polar surface area (TPSA) is 58.2 Å². The maximum absolute atomic E-state index is 12.9. The van der Waals surface area contributed by atoms with E-state index in [9.17, 15) is 14.0 Å². The Morgan fingerprint density at radius 2 is 1.69 bits per heavy atom. The van der Waals surface area contributed by atoms with Crippen molar-refractivity contribution in [3.8, 4) is 0 Å². The molecule has 0 bridgehead atoms. The number of para-hydroxylation sites is 1. The van der Waals surface area contributed by atoms with E-state index in [4.69, 9.17) is 0 Å². The maximum Gasteiger partial charge on any atom is 0.253 e. The normalized spacial score (nSPS) is 14.5. The summed E-state index contributed by atoms with van der Waals surface area (Å²) in [7, 11) is 0. The lowest BCUT2D eigenvalue weighted by atomic mass is 10.1. The number of rotatable bonds is 5. The van der Waals surface area contributed by atoms with Crippen LogP contribution in [0.2, 0.25) is 0 Å². The van der Waals surface area contributed by atoms with Crippen molar-refractivity contribution in [1.29, 1.82) is 0 Å². The minimum atomic E-state index is -0.351. The van der Waals surface area contributed by atoms with E-state index in [1.54, 1.807) is 42.5 Å². The zero-order valence-corrected chi connectivity index (χ0v) is 14.4. The molecule has 1 fully saturated rings. The van der Waals surface area contributed by atoms with Gasteiger partial charge in [-0.1, -0.05) is 37.1 Å². The van der Waals surface area contributed by atoms with Crippen molar-refractivity contribution in [1.82, 2.24) is 5.32 Å². The van der Waals surface area contributed by atoms with Gasteiger partial charge in [-0.2, -0.15) is 0 Å². The third-order valence-electron chi connectivity index (χ3n) is 4.42. The van der Waals surface area contributed by atoms with Gasteiger partial charge in [0.1, 0.15) is 5.82 Å². The van der Waals surface area contributed by atoms with Crippen molar-refractivity contribution in [3.05, 3.63) is 71.6 Å². The van der Waals surface area contributed by atoms with Crippen molar-refractivity contribution in [2.45, 2.75) is 31.7 Å². The summed E-state index contributed by atoms with van der Waals surface area (Å²) in [5, 5.41) is 5.77. The molecule has 1 saturated carbocycles. The Labute approximate surface area is 152 Å². The van der Waals surface area contributed by atoms with Crippen LogP contribution in [-0.4, -0.2) is 17.9 Å². The summed E-state index contributed by atoms with van der Waals surface area (Å²) in [6.45, 7) is 0. The number of hydrogen-bond donors (Lipinski definition) is 2. The number of benzene rings is 2. The Morgan fingerprint density at radius 3 is 2.42 bits per heavy atom. The van der Waals surface area contributed by atoms with E-state index in [1.165, 1.54) is 18.2 Å². The number of carbonyl (C=O) groups excluding carboxylic acids is 2. The van der Waals surface area contributed by atoms with E-state index >= 15 is 0 Å². The minimum Gasteiger partial charge on any atom is -0.349 e. The van der Waals surface area contributed by atoms with Gasteiger partial charge in [0.2, 0.25) is 5.91 Å². The molecule has 2 aromatic rings. The first-order chi connectivity index (χ1) is 12.6. The van der Waals surface area contributed by atoms with Crippen LogP contribution in [-0.2, 0) is 4.79 Å². The molecule has 2 amide bonds. The molecule has 5 heteroatoms. The van der Waals surface area contributed by atoms with Crippen molar-refractivity contribution in [3.63, 3.8) is 0 Å². The van der Waals surface area contributed by atoms with Gasteiger partial charge in [-0.3, -0.25) is 9.59 Å². The van der Waals surface area contributed by atoms with Crippen LogP contribution in [0, 0.1) is 5.82 Å². The highest BCUT2D eigenvalue weighted by atomic mass is 19.1. The van der Waals surface area contributed by atoms with Gasteiger partial charge in [0.25, 0.3) is 5.91 Å². The van der Waals surface area contributed by atoms with Crippen LogP contribution < -0.4 is 10.6 Å². The molecule has 0 radical (unpaired) electrons. The molecule has 3 rings (SSSR count). The van der Waals surface area contributed by atoms with E-state index in [0.717, 1.165) is 25.7 Å². The van der Waals surface area contributed by atoms with Crippen molar-refractivity contribution in [2.75, 3.05) is 5.32 Å². The predicted octanol–water partition coefficient (Wildman–Crippen LogP) is 4.15. The Morgan fingerprint density at radius 1 is 1.00 bits per heavy atom. The molecule has 2 aromatic carbocycles.